The van der Waals surface area contributed by atoms with E-state index in [2.05, 4.69) is 16.0 Å². The Morgan fingerprint density at radius 1 is 1.00 bits per heavy atom. The molecule has 0 aliphatic carbocycles. The quantitative estimate of drug-likeness (QED) is 0.529. The summed E-state index contributed by atoms with van der Waals surface area (Å²) in [5.41, 5.74) is 4.85. The summed E-state index contributed by atoms with van der Waals surface area (Å²) in [5, 5.41) is 9.01. The Labute approximate surface area is 167 Å². The van der Waals surface area contributed by atoms with E-state index >= 15 is 0 Å². The summed E-state index contributed by atoms with van der Waals surface area (Å²) in [7, 11) is 1.43. The summed E-state index contributed by atoms with van der Waals surface area (Å²) < 4.78 is 19.4. The maximum atomic E-state index is 14.3. The number of aryl methyl sites for hydroxylation is 1. The Balaban J connectivity index is 1.89. The number of hydrogen-bond acceptors (Lipinski definition) is 4. The molecular weight excluding hydrogens is 367 g/mol. The van der Waals surface area contributed by atoms with Gasteiger partial charge in [0.1, 0.15) is 5.82 Å². The van der Waals surface area contributed by atoms with Crippen LogP contribution < -0.4 is 4.74 Å². The molecule has 0 saturated heterocycles. The molecule has 29 heavy (non-hydrogen) atoms. The molecule has 0 atom stereocenters. The summed E-state index contributed by atoms with van der Waals surface area (Å²) >= 11 is 0. The molecule has 1 N–H and O–H groups in total. The Bertz CT molecular complexity index is 1220. The van der Waals surface area contributed by atoms with Crippen LogP contribution in [-0.4, -0.2) is 22.1 Å². The molecule has 2 aromatic carbocycles. The normalized spacial score (nSPS) is 10.6. The maximum absolute atomic E-state index is 14.3. The molecule has 0 fully saturated rings. The predicted octanol–water partition coefficient (Wildman–Crippen LogP) is 5.13. The van der Waals surface area contributed by atoms with E-state index in [-0.39, 0.29) is 5.75 Å². The van der Waals surface area contributed by atoms with Crippen LogP contribution in [0.4, 0.5) is 4.39 Å². The molecule has 0 radical (unpaired) electrons. The highest BCUT2D eigenvalue weighted by Crippen LogP contribution is 2.34. The van der Waals surface area contributed by atoms with Gasteiger partial charge in [-0.3, -0.25) is 4.98 Å². The van der Waals surface area contributed by atoms with Gasteiger partial charge in [0.25, 0.3) is 0 Å². The number of H-pyrrole nitrogens is 1. The Kier molecular flexibility index (Phi) is 4.80. The molecule has 142 valence electrons. The SMILES string of the molecule is COc1ccc(-c2nc(-c3ccc(C#N)cc3)[nH]c2-c2cccc(C)n2)cc1F. The number of aromatic nitrogens is 3. The van der Waals surface area contributed by atoms with Gasteiger partial charge < -0.3 is 9.72 Å². The van der Waals surface area contributed by atoms with Crippen molar-refractivity contribution in [2.45, 2.75) is 6.92 Å². The first-order valence-electron chi connectivity index (χ1n) is 8.97. The molecule has 2 heterocycles. The lowest BCUT2D eigenvalue weighted by Gasteiger charge is -2.06. The Morgan fingerprint density at radius 2 is 1.76 bits per heavy atom. The first kappa shape index (κ1) is 18.4. The predicted molar refractivity (Wildman–Crippen MR) is 109 cm³/mol. The van der Waals surface area contributed by atoms with Crippen LogP contribution in [0.1, 0.15) is 11.3 Å². The lowest BCUT2D eigenvalue weighted by Crippen LogP contribution is -1.91. The molecule has 0 unspecified atom stereocenters. The van der Waals surface area contributed by atoms with Gasteiger partial charge in [-0.05, 0) is 61.5 Å². The monoisotopic (exact) mass is 384 g/mol. The number of rotatable bonds is 4. The van der Waals surface area contributed by atoms with E-state index < -0.39 is 5.82 Å². The van der Waals surface area contributed by atoms with Gasteiger partial charge in [0, 0.05) is 16.8 Å². The first-order valence-corrected chi connectivity index (χ1v) is 8.97. The molecule has 4 rings (SSSR count). The van der Waals surface area contributed by atoms with Gasteiger partial charge in [0.05, 0.1) is 35.8 Å². The van der Waals surface area contributed by atoms with Crippen molar-refractivity contribution in [2.24, 2.45) is 0 Å². The molecule has 4 aromatic rings. The van der Waals surface area contributed by atoms with Crippen molar-refractivity contribution in [2.75, 3.05) is 7.11 Å². The van der Waals surface area contributed by atoms with Crippen LogP contribution in [0, 0.1) is 24.1 Å². The van der Waals surface area contributed by atoms with Gasteiger partial charge in [-0.15, -0.1) is 0 Å². The molecule has 5 nitrogen and oxygen atoms in total. The average molecular weight is 384 g/mol. The second kappa shape index (κ2) is 7.56. The number of halogens is 1. The smallest absolute Gasteiger partial charge is 0.165 e. The van der Waals surface area contributed by atoms with Crippen LogP contribution in [0.15, 0.2) is 60.7 Å². The van der Waals surface area contributed by atoms with Crippen molar-refractivity contribution >= 4 is 0 Å². The standard InChI is InChI=1S/C23H17FN4O/c1-14-4-3-5-19(26-14)22-21(17-10-11-20(29-2)18(24)12-17)27-23(28-22)16-8-6-15(13-25)7-9-16/h3-12H,1-2H3,(H,27,28). The summed E-state index contributed by atoms with van der Waals surface area (Å²) in [6.07, 6.45) is 0. The zero-order chi connectivity index (χ0) is 20.4. The van der Waals surface area contributed by atoms with Gasteiger partial charge in [-0.2, -0.15) is 5.26 Å². The zero-order valence-electron chi connectivity index (χ0n) is 15.9. The van der Waals surface area contributed by atoms with E-state index in [9.17, 15) is 4.39 Å². The second-order valence-corrected chi connectivity index (χ2v) is 6.51. The Morgan fingerprint density at radius 3 is 2.41 bits per heavy atom. The van der Waals surface area contributed by atoms with Gasteiger partial charge >= 0.3 is 0 Å². The van der Waals surface area contributed by atoms with Crippen molar-refractivity contribution in [3.63, 3.8) is 0 Å². The lowest BCUT2D eigenvalue weighted by atomic mass is 10.1. The van der Waals surface area contributed by atoms with E-state index in [0.717, 1.165) is 11.3 Å². The molecule has 0 saturated carbocycles. The fourth-order valence-corrected chi connectivity index (χ4v) is 3.10. The molecule has 0 aliphatic rings. The van der Waals surface area contributed by atoms with Crippen LogP contribution in [0.2, 0.25) is 0 Å². The van der Waals surface area contributed by atoms with E-state index in [4.69, 9.17) is 15.0 Å². The van der Waals surface area contributed by atoms with Crippen LogP contribution >= 0.6 is 0 Å². The van der Waals surface area contributed by atoms with Crippen LogP contribution in [0.5, 0.6) is 5.75 Å². The first-order chi connectivity index (χ1) is 14.1. The minimum absolute atomic E-state index is 0.173. The molecule has 6 heteroatoms. The van der Waals surface area contributed by atoms with Crippen molar-refractivity contribution < 1.29 is 9.13 Å². The van der Waals surface area contributed by atoms with Crippen molar-refractivity contribution in [1.29, 1.82) is 5.26 Å². The summed E-state index contributed by atoms with van der Waals surface area (Å²) in [5.74, 6) is 0.321. The Hall–Kier alpha value is -3.98. The number of pyridine rings is 1. The number of nitrogens with one attached hydrogen (secondary N) is 1. The van der Waals surface area contributed by atoms with E-state index in [1.807, 2.05) is 37.3 Å². The largest absolute Gasteiger partial charge is 0.494 e. The van der Waals surface area contributed by atoms with Gasteiger partial charge in [0.15, 0.2) is 11.6 Å². The number of methoxy groups -OCH3 is 1. The number of imidazole rings is 1. The number of aromatic amines is 1. The van der Waals surface area contributed by atoms with Crippen molar-refractivity contribution in [1.82, 2.24) is 15.0 Å². The number of nitrogens with zero attached hydrogens (tertiary/aromatic N) is 3. The highest BCUT2D eigenvalue weighted by molar-refractivity contribution is 5.80. The number of benzene rings is 2. The average Bonchev–Trinajstić information content (AvgIpc) is 3.19. The minimum atomic E-state index is -0.462. The number of ether oxygens (including phenoxy) is 1. The van der Waals surface area contributed by atoms with Gasteiger partial charge in [-0.25, -0.2) is 9.37 Å². The van der Waals surface area contributed by atoms with E-state index in [1.165, 1.54) is 13.2 Å². The van der Waals surface area contributed by atoms with Crippen LogP contribution in [0.25, 0.3) is 34.0 Å². The molecule has 0 amide bonds. The fourth-order valence-electron chi connectivity index (χ4n) is 3.10. The molecule has 0 spiro atoms. The summed E-state index contributed by atoms with van der Waals surface area (Å²) in [6, 6.07) is 19.7. The maximum Gasteiger partial charge on any atom is 0.165 e. The molecule has 0 bridgehead atoms. The van der Waals surface area contributed by atoms with Crippen molar-refractivity contribution in [3.8, 4) is 45.9 Å². The molecule has 2 aromatic heterocycles. The third kappa shape index (κ3) is 3.58. The number of hydrogen-bond donors (Lipinski definition) is 1. The summed E-state index contributed by atoms with van der Waals surface area (Å²) in [6.45, 7) is 1.91. The summed E-state index contributed by atoms with van der Waals surface area (Å²) in [4.78, 5) is 12.6. The highest BCUT2D eigenvalue weighted by Gasteiger charge is 2.18. The zero-order valence-corrected chi connectivity index (χ0v) is 15.9. The van der Waals surface area contributed by atoms with Crippen molar-refractivity contribution in [3.05, 3.63) is 77.7 Å². The number of nitriles is 1. The molecular formula is C23H17FN4O. The fraction of sp³-hybridized carbons (Fsp3) is 0.0870. The molecule has 0 aliphatic heterocycles. The van der Waals surface area contributed by atoms with Gasteiger partial charge in [-0.1, -0.05) is 6.07 Å². The van der Waals surface area contributed by atoms with Gasteiger partial charge in [0.2, 0.25) is 0 Å². The third-order valence-corrected chi connectivity index (χ3v) is 4.56. The second-order valence-electron chi connectivity index (χ2n) is 6.51. The van der Waals surface area contributed by atoms with E-state index in [0.29, 0.717) is 34.0 Å². The van der Waals surface area contributed by atoms with Crippen LogP contribution in [-0.2, 0) is 0 Å². The third-order valence-electron chi connectivity index (χ3n) is 4.56. The lowest BCUT2D eigenvalue weighted by molar-refractivity contribution is 0.386. The van der Waals surface area contributed by atoms with Crippen LogP contribution in [0.3, 0.4) is 0 Å². The minimum Gasteiger partial charge on any atom is -0.494 e. The highest BCUT2D eigenvalue weighted by atomic mass is 19.1. The van der Waals surface area contributed by atoms with E-state index in [1.54, 1.807) is 24.3 Å². The topological polar surface area (TPSA) is 74.6 Å².